The van der Waals surface area contributed by atoms with Gasteiger partial charge in [-0.1, -0.05) is 30.3 Å². The first-order chi connectivity index (χ1) is 14.4. The Morgan fingerprint density at radius 2 is 1.73 bits per heavy atom. The van der Waals surface area contributed by atoms with Crippen molar-refractivity contribution in [1.82, 2.24) is 19.9 Å². The van der Waals surface area contributed by atoms with Gasteiger partial charge in [0, 0.05) is 32.0 Å². The predicted octanol–water partition coefficient (Wildman–Crippen LogP) is 4.67. The Morgan fingerprint density at radius 3 is 2.40 bits per heavy atom. The SMILES string of the molecule is Cc1ccccc1CN(CCCOc1cnc(C(F)(F)F)nc1)Cc1cccnc1. The molecule has 2 aromatic heterocycles. The van der Waals surface area contributed by atoms with Gasteiger partial charge in [-0.25, -0.2) is 9.97 Å². The first kappa shape index (κ1) is 21.7. The quantitative estimate of drug-likeness (QED) is 0.475. The Labute approximate surface area is 173 Å². The van der Waals surface area contributed by atoms with Crippen molar-refractivity contribution in [1.29, 1.82) is 0 Å². The summed E-state index contributed by atoms with van der Waals surface area (Å²) in [6.07, 6.45) is 1.84. The maximum atomic E-state index is 12.5. The minimum Gasteiger partial charge on any atom is -0.490 e. The van der Waals surface area contributed by atoms with Crippen molar-refractivity contribution in [2.45, 2.75) is 32.6 Å². The molecule has 0 atom stereocenters. The van der Waals surface area contributed by atoms with Crippen molar-refractivity contribution in [2.75, 3.05) is 13.2 Å². The van der Waals surface area contributed by atoms with Gasteiger partial charge >= 0.3 is 6.18 Å². The highest BCUT2D eigenvalue weighted by Gasteiger charge is 2.34. The van der Waals surface area contributed by atoms with Gasteiger partial charge in [0.25, 0.3) is 0 Å². The molecular formula is C22H23F3N4O. The Morgan fingerprint density at radius 1 is 0.967 bits per heavy atom. The van der Waals surface area contributed by atoms with Crippen LogP contribution < -0.4 is 4.74 Å². The van der Waals surface area contributed by atoms with Gasteiger partial charge < -0.3 is 4.74 Å². The summed E-state index contributed by atoms with van der Waals surface area (Å²) in [5.74, 6) is -0.948. The van der Waals surface area contributed by atoms with Gasteiger partial charge in [-0.05, 0) is 36.1 Å². The topological polar surface area (TPSA) is 51.1 Å². The third-order valence-electron chi connectivity index (χ3n) is 4.55. The molecule has 0 unspecified atom stereocenters. The lowest BCUT2D eigenvalue weighted by Gasteiger charge is -2.23. The van der Waals surface area contributed by atoms with E-state index in [-0.39, 0.29) is 5.75 Å². The highest BCUT2D eigenvalue weighted by Crippen LogP contribution is 2.26. The molecule has 0 fully saturated rings. The van der Waals surface area contributed by atoms with E-state index in [9.17, 15) is 13.2 Å². The summed E-state index contributed by atoms with van der Waals surface area (Å²) in [4.78, 5) is 13.1. The van der Waals surface area contributed by atoms with Crippen LogP contribution in [0.15, 0.2) is 61.2 Å². The number of ether oxygens (including phenoxy) is 1. The average molecular weight is 416 g/mol. The van der Waals surface area contributed by atoms with Crippen molar-refractivity contribution >= 4 is 0 Å². The van der Waals surface area contributed by atoms with Gasteiger partial charge in [-0.2, -0.15) is 13.2 Å². The van der Waals surface area contributed by atoms with Crippen LogP contribution in [0.4, 0.5) is 13.2 Å². The lowest BCUT2D eigenvalue weighted by molar-refractivity contribution is -0.145. The van der Waals surface area contributed by atoms with E-state index in [1.54, 1.807) is 6.20 Å². The summed E-state index contributed by atoms with van der Waals surface area (Å²) < 4.78 is 43.1. The van der Waals surface area contributed by atoms with Crippen LogP contribution in [-0.2, 0) is 19.3 Å². The van der Waals surface area contributed by atoms with Crippen LogP contribution in [0.25, 0.3) is 0 Å². The Kier molecular flexibility index (Phi) is 7.35. The number of aryl methyl sites for hydroxylation is 1. The fraction of sp³-hybridized carbons (Fsp3) is 0.318. The van der Waals surface area contributed by atoms with Gasteiger partial charge in [0.2, 0.25) is 5.82 Å². The van der Waals surface area contributed by atoms with E-state index in [1.165, 1.54) is 11.1 Å². The summed E-state index contributed by atoms with van der Waals surface area (Å²) >= 11 is 0. The number of alkyl halides is 3. The van der Waals surface area contributed by atoms with Gasteiger partial charge in [-0.3, -0.25) is 9.88 Å². The fourth-order valence-electron chi connectivity index (χ4n) is 3.01. The number of benzene rings is 1. The molecule has 1 aromatic carbocycles. The minimum absolute atomic E-state index is 0.223. The van der Waals surface area contributed by atoms with Crippen molar-refractivity contribution in [3.8, 4) is 5.75 Å². The zero-order valence-electron chi connectivity index (χ0n) is 16.6. The Balaban J connectivity index is 1.55. The highest BCUT2D eigenvalue weighted by atomic mass is 19.4. The molecule has 0 N–H and O–H groups in total. The van der Waals surface area contributed by atoms with Gasteiger partial charge in [0.05, 0.1) is 19.0 Å². The largest absolute Gasteiger partial charge is 0.490 e. The van der Waals surface area contributed by atoms with E-state index >= 15 is 0 Å². The molecule has 8 heteroatoms. The molecule has 0 spiro atoms. The highest BCUT2D eigenvalue weighted by molar-refractivity contribution is 5.25. The normalized spacial score (nSPS) is 11.6. The molecule has 3 aromatic rings. The fourth-order valence-corrected chi connectivity index (χ4v) is 3.01. The number of pyridine rings is 1. The molecule has 0 aliphatic heterocycles. The van der Waals surface area contributed by atoms with E-state index < -0.39 is 12.0 Å². The molecule has 0 amide bonds. The standard InChI is InChI=1S/C22H23F3N4O/c1-17-6-2-3-8-19(17)16-29(15-18-7-4-9-26-12-18)10-5-11-30-20-13-27-21(28-14-20)22(23,24)25/h2-4,6-9,12-14H,5,10-11,15-16H2,1H3. The molecule has 0 saturated heterocycles. The van der Waals surface area contributed by atoms with Crippen molar-refractivity contribution < 1.29 is 17.9 Å². The van der Waals surface area contributed by atoms with Crippen LogP contribution in [0.1, 0.15) is 28.9 Å². The van der Waals surface area contributed by atoms with Gasteiger partial charge in [0.15, 0.2) is 5.75 Å². The molecule has 2 heterocycles. The molecule has 3 rings (SSSR count). The summed E-state index contributed by atoms with van der Waals surface area (Å²) in [6, 6.07) is 12.2. The molecule has 0 radical (unpaired) electrons. The predicted molar refractivity (Wildman–Crippen MR) is 107 cm³/mol. The van der Waals surface area contributed by atoms with Crippen LogP contribution in [0, 0.1) is 6.92 Å². The second kappa shape index (κ2) is 10.2. The van der Waals surface area contributed by atoms with Crippen molar-refractivity contribution in [3.05, 3.63) is 83.7 Å². The smallest absolute Gasteiger partial charge is 0.451 e. The second-order valence-electron chi connectivity index (χ2n) is 6.94. The third kappa shape index (κ3) is 6.52. The molecule has 158 valence electrons. The maximum Gasteiger partial charge on any atom is 0.451 e. The Hall–Kier alpha value is -3.00. The van der Waals surface area contributed by atoms with Crippen molar-refractivity contribution in [2.24, 2.45) is 0 Å². The van der Waals surface area contributed by atoms with Crippen LogP contribution in [0.5, 0.6) is 5.75 Å². The van der Waals surface area contributed by atoms with Gasteiger partial charge in [0.1, 0.15) is 0 Å². The van der Waals surface area contributed by atoms with E-state index in [1.807, 2.05) is 30.5 Å². The van der Waals surface area contributed by atoms with Gasteiger partial charge in [-0.15, -0.1) is 0 Å². The zero-order valence-corrected chi connectivity index (χ0v) is 16.6. The number of halogens is 3. The number of hydrogen-bond acceptors (Lipinski definition) is 5. The van der Waals surface area contributed by atoms with E-state index in [4.69, 9.17) is 4.74 Å². The van der Waals surface area contributed by atoms with E-state index in [0.29, 0.717) is 13.0 Å². The summed E-state index contributed by atoms with van der Waals surface area (Å²) in [6.45, 7) is 4.72. The summed E-state index contributed by atoms with van der Waals surface area (Å²) in [5, 5.41) is 0. The first-order valence-corrected chi connectivity index (χ1v) is 9.59. The third-order valence-corrected chi connectivity index (χ3v) is 4.55. The van der Waals surface area contributed by atoms with Crippen LogP contribution in [0.2, 0.25) is 0 Å². The zero-order chi connectivity index (χ0) is 21.4. The van der Waals surface area contributed by atoms with Crippen molar-refractivity contribution in [3.63, 3.8) is 0 Å². The number of rotatable bonds is 9. The lowest BCUT2D eigenvalue weighted by Crippen LogP contribution is -2.25. The molecule has 0 aliphatic rings. The summed E-state index contributed by atoms with van der Waals surface area (Å²) in [7, 11) is 0. The molecular weight excluding hydrogens is 393 g/mol. The summed E-state index contributed by atoms with van der Waals surface area (Å²) in [5.41, 5.74) is 3.59. The lowest BCUT2D eigenvalue weighted by atomic mass is 10.1. The molecule has 30 heavy (non-hydrogen) atoms. The van der Waals surface area contributed by atoms with Crippen LogP contribution in [-0.4, -0.2) is 33.0 Å². The molecule has 0 bridgehead atoms. The average Bonchev–Trinajstić information content (AvgIpc) is 2.73. The van der Waals surface area contributed by atoms with Crippen LogP contribution in [0.3, 0.4) is 0 Å². The second-order valence-corrected chi connectivity index (χ2v) is 6.94. The number of nitrogens with zero attached hydrogens (tertiary/aromatic N) is 4. The maximum absolute atomic E-state index is 12.5. The first-order valence-electron chi connectivity index (χ1n) is 9.59. The van der Waals surface area contributed by atoms with Crippen LogP contribution >= 0.6 is 0 Å². The van der Waals surface area contributed by atoms with E-state index in [2.05, 4.69) is 38.9 Å². The van der Waals surface area contributed by atoms with E-state index in [0.717, 1.165) is 37.6 Å². The number of hydrogen-bond donors (Lipinski definition) is 0. The minimum atomic E-state index is -4.55. The molecule has 0 aliphatic carbocycles. The monoisotopic (exact) mass is 416 g/mol. The molecule has 5 nitrogen and oxygen atoms in total. The Bertz CT molecular complexity index is 918. The number of aromatic nitrogens is 3. The molecule has 0 saturated carbocycles.